The molecule has 0 aliphatic heterocycles. The van der Waals surface area contributed by atoms with Gasteiger partial charge in [-0.2, -0.15) is 11.8 Å². The zero-order valence-electron chi connectivity index (χ0n) is 9.53. The van der Waals surface area contributed by atoms with E-state index in [9.17, 15) is 8.42 Å². The third kappa shape index (κ3) is 8.07. The van der Waals surface area contributed by atoms with Gasteiger partial charge in [0.1, 0.15) is 9.84 Å². The summed E-state index contributed by atoms with van der Waals surface area (Å²) < 4.78 is 22.5. The number of thioether (sulfide) groups is 1. The highest BCUT2D eigenvalue weighted by molar-refractivity contribution is 7.98. The fourth-order valence-corrected chi connectivity index (χ4v) is 2.68. The van der Waals surface area contributed by atoms with Crippen molar-refractivity contribution < 1.29 is 8.42 Å². The van der Waals surface area contributed by atoms with Crippen LogP contribution in [0.4, 0.5) is 0 Å². The average Bonchev–Trinajstić information content (AvgIpc) is 2.23. The molecular weight excluding hydrogens is 232 g/mol. The van der Waals surface area contributed by atoms with Crippen LogP contribution in [0, 0.1) is 0 Å². The Hall–Kier alpha value is 0.220. The lowest BCUT2D eigenvalue weighted by molar-refractivity contribution is 0.477. The second kappa shape index (κ2) is 8.38. The number of nitrogens with one attached hydrogen (secondary N) is 1. The van der Waals surface area contributed by atoms with Crippen LogP contribution >= 0.6 is 11.8 Å². The first-order valence-electron chi connectivity index (χ1n) is 5.21. The standard InChI is InChI=1S/C9H22N2O2S2/c1-3-15(12,13)8-4-5-9(11-10)6-7-14-2/h9,11H,3-8,10H2,1-2H3. The summed E-state index contributed by atoms with van der Waals surface area (Å²) in [4.78, 5) is 0. The Kier molecular flexibility index (Phi) is 8.50. The van der Waals surface area contributed by atoms with Gasteiger partial charge in [-0.1, -0.05) is 6.92 Å². The fourth-order valence-electron chi connectivity index (χ4n) is 1.27. The van der Waals surface area contributed by atoms with Crippen molar-refractivity contribution in [3.8, 4) is 0 Å². The van der Waals surface area contributed by atoms with Gasteiger partial charge in [-0.15, -0.1) is 0 Å². The predicted octanol–water partition coefficient (Wildman–Crippen LogP) is 0.786. The van der Waals surface area contributed by atoms with E-state index in [1.54, 1.807) is 18.7 Å². The molecule has 0 aromatic carbocycles. The Morgan fingerprint density at radius 1 is 1.40 bits per heavy atom. The molecule has 1 unspecified atom stereocenters. The third-order valence-corrected chi connectivity index (χ3v) is 4.79. The van der Waals surface area contributed by atoms with Crippen molar-refractivity contribution in [1.29, 1.82) is 0 Å². The zero-order chi connectivity index (χ0) is 11.7. The lowest BCUT2D eigenvalue weighted by atomic mass is 10.1. The van der Waals surface area contributed by atoms with Gasteiger partial charge in [0.25, 0.3) is 0 Å². The molecule has 0 saturated heterocycles. The quantitative estimate of drug-likeness (QED) is 0.470. The van der Waals surface area contributed by atoms with Crippen LogP contribution in [-0.2, 0) is 9.84 Å². The highest BCUT2D eigenvalue weighted by Gasteiger charge is 2.10. The largest absolute Gasteiger partial charge is 0.271 e. The van der Waals surface area contributed by atoms with Crippen LogP contribution < -0.4 is 11.3 Å². The molecular formula is C9H22N2O2S2. The summed E-state index contributed by atoms with van der Waals surface area (Å²) in [7, 11) is -2.82. The lowest BCUT2D eigenvalue weighted by Gasteiger charge is -2.14. The van der Waals surface area contributed by atoms with Crippen LogP contribution in [0.25, 0.3) is 0 Å². The topological polar surface area (TPSA) is 72.2 Å². The molecule has 0 aliphatic rings. The lowest BCUT2D eigenvalue weighted by Crippen LogP contribution is -2.35. The van der Waals surface area contributed by atoms with Gasteiger partial charge >= 0.3 is 0 Å². The first kappa shape index (κ1) is 15.2. The summed E-state index contributed by atoms with van der Waals surface area (Å²) in [6.07, 6.45) is 4.56. The summed E-state index contributed by atoms with van der Waals surface area (Å²) in [5.41, 5.74) is 2.73. The molecule has 4 nitrogen and oxygen atoms in total. The number of nitrogens with two attached hydrogens (primary N) is 1. The first-order chi connectivity index (χ1) is 7.05. The Morgan fingerprint density at radius 2 is 2.07 bits per heavy atom. The van der Waals surface area contributed by atoms with Gasteiger partial charge in [0.15, 0.2) is 0 Å². The maximum absolute atomic E-state index is 11.2. The molecule has 0 rings (SSSR count). The average molecular weight is 254 g/mol. The molecule has 15 heavy (non-hydrogen) atoms. The molecule has 3 N–H and O–H groups in total. The Balaban J connectivity index is 3.72. The minimum atomic E-state index is -2.82. The van der Waals surface area contributed by atoms with Crippen molar-refractivity contribution in [3.05, 3.63) is 0 Å². The number of hydrazine groups is 1. The predicted molar refractivity (Wildman–Crippen MR) is 67.7 cm³/mol. The van der Waals surface area contributed by atoms with Crippen LogP contribution in [-0.4, -0.2) is 38.0 Å². The molecule has 6 heteroatoms. The first-order valence-corrected chi connectivity index (χ1v) is 8.42. The van der Waals surface area contributed by atoms with Crippen molar-refractivity contribution in [2.75, 3.05) is 23.5 Å². The molecule has 0 saturated carbocycles. The van der Waals surface area contributed by atoms with E-state index < -0.39 is 9.84 Å². The molecule has 0 bridgehead atoms. The van der Waals surface area contributed by atoms with Crippen molar-refractivity contribution >= 4 is 21.6 Å². The number of rotatable bonds is 9. The number of hydrogen-bond acceptors (Lipinski definition) is 5. The van der Waals surface area contributed by atoms with E-state index in [4.69, 9.17) is 5.84 Å². The van der Waals surface area contributed by atoms with Gasteiger partial charge in [0.2, 0.25) is 0 Å². The summed E-state index contributed by atoms with van der Waals surface area (Å²) in [5.74, 6) is 6.95. The summed E-state index contributed by atoms with van der Waals surface area (Å²) in [6, 6.07) is 0.240. The summed E-state index contributed by atoms with van der Waals surface area (Å²) in [5, 5.41) is 0. The van der Waals surface area contributed by atoms with Crippen molar-refractivity contribution in [1.82, 2.24) is 5.43 Å². The molecule has 0 aliphatic carbocycles. The monoisotopic (exact) mass is 254 g/mol. The Labute approximate surface area is 97.3 Å². The van der Waals surface area contributed by atoms with Crippen LogP contribution in [0.5, 0.6) is 0 Å². The van der Waals surface area contributed by atoms with Crippen molar-refractivity contribution in [3.63, 3.8) is 0 Å². The molecule has 0 heterocycles. The smallest absolute Gasteiger partial charge is 0.150 e. The molecule has 0 aromatic rings. The van der Waals surface area contributed by atoms with E-state index in [-0.39, 0.29) is 17.5 Å². The molecule has 0 amide bonds. The Bertz CT molecular complexity index is 242. The molecule has 0 fully saturated rings. The van der Waals surface area contributed by atoms with Crippen LogP contribution in [0.3, 0.4) is 0 Å². The maximum Gasteiger partial charge on any atom is 0.150 e. The van der Waals surface area contributed by atoms with Gasteiger partial charge < -0.3 is 0 Å². The van der Waals surface area contributed by atoms with Crippen molar-refractivity contribution in [2.45, 2.75) is 32.2 Å². The number of sulfone groups is 1. The normalized spacial score (nSPS) is 14.1. The van der Waals surface area contributed by atoms with E-state index in [1.807, 2.05) is 0 Å². The fraction of sp³-hybridized carbons (Fsp3) is 1.00. The van der Waals surface area contributed by atoms with E-state index in [0.717, 1.165) is 18.6 Å². The molecule has 0 spiro atoms. The minimum absolute atomic E-state index is 0.235. The van der Waals surface area contributed by atoms with Gasteiger partial charge in [-0.25, -0.2) is 8.42 Å². The van der Waals surface area contributed by atoms with Crippen LogP contribution in [0.1, 0.15) is 26.2 Å². The summed E-state index contributed by atoms with van der Waals surface area (Å²) in [6.45, 7) is 1.68. The zero-order valence-corrected chi connectivity index (χ0v) is 11.2. The van der Waals surface area contributed by atoms with Gasteiger partial charge in [0, 0.05) is 11.8 Å². The highest BCUT2D eigenvalue weighted by Crippen LogP contribution is 2.07. The molecule has 0 radical (unpaired) electrons. The van der Waals surface area contributed by atoms with Gasteiger partial charge in [-0.3, -0.25) is 11.3 Å². The van der Waals surface area contributed by atoms with Crippen LogP contribution in [0.15, 0.2) is 0 Å². The van der Waals surface area contributed by atoms with Crippen LogP contribution in [0.2, 0.25) is 0 Å². The third-order valence-electron chi connectivity index (χ3n) is 2.35. The second-order valence-corrected chi connectivity index (χ2v) is 6.98. The second-order valence-electron chi connectivity index (χ2n) is 3.52. The molecule has 1 atom stereocenters. The van der Waals surface area contributed by atoms with Crippen molar-refractivity contribution in [2.24, 2.45) is 5.84 Å². The Morgan fingerprint density at radius 3 is 2.53 bits per heavy atom. The number of hydrogen-bond donors (Lipinski definition) is 2. The molecule has 0 aromatic heterocycles. The van der Waals surface area contributed by atoms with E-state index >= 15 is 0 Å². The van der Waals surface area contributed by atoms with Gasteiger partial charge in [0.05, 0.1) is 5.75 Å². The maximum atomic E-state index is 11.2. The van der Waals surface area contributed by atoms with E-state index in [2.05, 4.69) is 11.7 Å². The van der Waals surface area contributed by atoms with Gasteiger partial charge in [-0.05, 0) is 31.3 Å². The molecule has 92 valence electrons. The van der Waals surface area contributed by atoms with E-state index in [1.165, 1.54) is 0 Å². The SMILES string of the molecule is CCS(=O)(=O)CCCC(CCSC)NN. The van der Waals surface area contributed by atoms with E-state index in [0.29, 0.717) is 6.42 Å². The minimum Gasteiger partial charge on any atom is -0.271 e. The summed E-state index contributed by atoms with van der Waals surface area (Å²) >= 11 is 1.78. The highest BCUT2D eigenvalue weighted by atomic mass is 32.2.